The highest BCUT2D eigenvalue weighted by molar-refractivity contribution is 7.14. The second-order valence-electron chi connectivity index (χ2n) is 5.28. The molecule has 0 fully saturated rings. The molecule has 0 aliphatic rings. The van der Waals surface area contributed by atoms with Crippen molar-refractivity contribution >= 4 is 28.5 Å². The Morgan fingerprint density at radius 2 is 2.22 bits per heavy atom. The molecule has 0 saturated heterocycles. The number of hydrazone groups is 1. The van der Waals surface area contributed by atoms with Gasteiger partial charge in [0.1, 0.15) is 11.6 Å². The number of hydrogen-bond acceptors (Lipinski definition) is 6. The van der Waals surface area contributed by atoms with E-state index in [9.17, 15) is 8.78 Å². The number of nitrogens with zero attached hydrogens (tertiary/aromatic N) is 2. The van der Waals surface area contributed by atoms with Crippen LogP contribution in [0.4, 0.5) is 19.7 Å². The molecule has 0 saturated carbocycles. The van der Waals surface area contributed by atoms with Crippen molar-refractivity contribution in [2.45, 2.75) is 20.3 Å². The van der Waals surface area contributed by atoms with Gasteiger partial charge in [-0.2, -0.15) is 5.10 Å². The molecule has 8 heteroatoms. The summed E-state index contributed by atoms with van der Waals surface area (Å²) in [4.78, 5) is 3.96. The Morgan fingerprint density at radius 1 is 1.43 bits per heavy atom. The largest absolute Gasteiger partial charge is 0.490 e. The Hall–Kier alpha value is -2.22. The van der Waals surface area contributed by atoms with Gasteiger partial charge < -0.3 is 10.5 Å². The summed E-state index contributed by atoms with van der Waals surface area (Å²) in [5, 5.41) is 6.05. The lowest BCUT2D eigenvalue weighted by atomic mass is 10.1. The molecule has 0 unspecified atom stereocenters. The lowest BCUT2D eigenvalue weighted by molar-refractivity contribution is 0.275. The fraction of sp³-hybridized carbons (Fsp3) is 0.333. The molecule has 2 rings (SSSR count). The van der Waals surface area contributed by atoms with E-state index in [-0.39, 0.29) is 11.3 Å². The van der Waals surface area contributed by atoms with Gasteiger partial charge in [-0.1, -0.05) is 13.8 Å². The Balaban J connectivity index is 2.11. The van der Waals surface area contributed by atoms with E-state index in [1.165, 1.54) is 17.6 Å². The van der Waals surface area contributed by atoms with Crippen LogP contribution < -0.4 is 15.9 Å². The third-order valence-corrected chi connectivity index (χ3v) is 3.63. The lowest BCUT2D eigenvalue weighted by Gasteiger charge is -2.11. The van der Waals surface area contributed by atoms with E-state index in [0.29, 0.717) is 23.5 Å². The zero-order chi connectivity index (χ0) is 16.8. The van der Waals surface area contributed by atoms with Crippen LogP contribution in [0.1, 0.15) is 25.8 Å². The van der Waals surface area contributed by atoms with Gasteiger partial charge >= 0.3 is 0 Å². The summed E-state index contributed by atoms with van der Waals surface area (Å²) < 4.78 is 32.8. The molecule has 0 radical (unpaired) electrons. The van der Waals surface area contributed by atoms with Crippen LogP contribution in [-0.2, 0) is 0 Å². The standard InChI is InChI=1S/C15H18F2N4OS/c1-9(2)3-4-22-14-10(5-11(16)6-12(14)17)7-19-21-15-20-13(18)8-23-15/h5-9H,3-4,18H2,1-2H3,(H,20,21). The molecule has 0 spiro atoms. The van der Waals surface area contributed by atoms with E-state index in [1.807, 2.05) is 13.8 Å². The van der Waals surface area contributed by atoms with E-state index in [4.69, 9.17) is 10.5 Å². The molecule has 1 heterocycles. The molecule has 23 heavy (non-hydrogen) atoms. The number of benzene rings is 1. The van der Waals surface area contributed by atoms with E-state index in [0.717, 1.165) is 18.6 Å². The Kier molecular flexibility index (Phi) is 5.86. The number of hydrogen-bond donors (Lipinski definition) is 2. The molecule has 2 aromatic rings. The van der Waals surface area contributed by atoms with Gasteiger partial charge in [0.2, 0.25) is 5.13 Å². The van der Waals surface area contributed by atoms with Gasteiger partial charge in [0, 0.05) is 17.0 Å². The molecule has 0 aliphatic heterocycles. The number of nitrogen functional groups attached to an aromatic ring is 1. The van der Waals surface area contributed by atoms with Crippen molar-refractivity contribution in [3.63, 3.8) is 0 Å². The summed E-state index contributed by atoms with van der Waals surface area (Å²) in [7, 11) is 0. The number of aromatic nitrogens is 1. The summed E-state index contributed by atoms with van der Waals surface area (Å²) in [5.41, 5.74) is 8.35. The Bertz CT molecular complexity index is 688. The average Bonchev–Trinajstić information content (AvgIpc) is 2.87. The van der Waals surface area contributed by atoms with Crippen molar-refractivity contribution in [1.29, 1.82) is 0 Å². The van der Waals surface area contributed by atoms with Gasteiger partial charge in [-0.25, -0.2) is 13.8 Å². The van der Waals surface area contributed by atoms with E-state index in [1.54, 1.807) is 5.38 Å². The number of rotatable bonds is 7. The normalized spacial score (nSPS) is 11.3. The molecule has 0 bridgehead atoms. The molecule has 0 amide bonds. The van der Waals surface area contributed by atoms with Crippen LogP contribution in [0, 0.1) is 17.6 Å². The average molecular weight is 340 g/mol. The van der Waals surface area contributed by atoms with Gasteiger partial charge in [-0.15, -0.1) is 11.3 Å². The zero-order valence-corrected chi connectivity index (χ0v) is 13.7. The van der Waals surface area contributed by atoms with Crippen molar-refractivity contribution in [3.8, 4) is 5.75 Å². The topological polar surface area (TPSA) is 72.5 Å². The summed E-state index contributed by atoms with van der Waals surface area (Å²) >= 11 is 1.27. The van der Waals surface area contributed by atoms with Crippen LogP contribution in [0.3, 0.4) is 0 Å². The fourth-order valence-electron chi connectivity index (χ4n) is 1.72. The quantitative estimate of drug-likeness (QED) is 0.593. The number of ether oxygens (including phenoxy) is 1. The van der Waals surface area contributed by atoms with Gasteiger partial charge in [0.05, 0.1) is 12.8 Å². The maximum absolute atomic E-state index is 13.9. The molecule has 0 atom stereocenters. The zero-order valence-electron chi connectivity index (χ0n) is 12.8. The van der Waals surface area contributed by atoms with Crippen molar-refractivity contribution in [3.05, 3.63) is 34.7 Å². The monoisotopic (exact) mass is 340 g/mol. The molecular weight excluding hydrogens is 322 g/mol. The van der Waals surface area contributed by atoms with Crippen LogP contribution in [0.25, 0.3) is 0 Å². The van der Waals surface area contributed by atoms with Crippen molar-refractivity contribution in [2.75, 3.05) is 17.8 Å². The third kappa shape index (κ3) is 5.17. The van der Waals surface area contributed by atoms with E-state index in [2.05, 4.69) is 15.5 Å². The van der Waals surface area contributed by atoms with Crippen LogP contribution in [0.15, 0.2) is 22.6 Å². The molecule has 0 aliphatic carbocycles. The van der Waals surface area contributed by atoms with Gasteiger partial charge in [-0.05, 0) is 18.4 Å². The fourth-order valence-corrected chi connectivity index (χ4v) is 2.27. The first kappa shape index (κ1) is 17.1. The summed E-state index contributed by atoms with van der Waals surface area (Å²) in [5.74, 6) is -0.668. The second-order valence-corrected chi connectivity index (χ2v) is 6.14. The minimum Gasteiger partial charge on any atom is -0.490 e. The predicted molar refractivity (Wildman–Crippen MR) is 89.1 cm³/mol. The molecule has 3 N–H and O–H groups in total. The Labute approximate surface area is 137 Å². The Morgan fingerprint density at radius 3 is 2.87 bits per heavy atom. The summed E-state index contributed by atoms with van der Waals surface area (Å²) in [6.45, 7) is 4.42. The number of nitrogens with two attached hydrogens (primary N) is 1. The molecular formula is C15H18F2N4OS. The lowest BCUT2D eigenvalue weighted by Crippen LogP contribution is -2.06. The molecule has 124 valence electrons. The number of anilines is 2. The molecule has 1 aromatic heterocycles. The van der Waals surface area contributed by atoms with Crippen molar-refractivity contribution < 1.29 is 13.5 Å². The first-order chi connectivity index (χ1) is 11.0. The van der Waals surface area contributed by atoms with Crippen LogP contribution in [-0.4, -0.2) is 17.8 Å². The van der Waals surface area contributed by atoms with E-state index < -0.39 is 11.6 Å². The van der Waals surface area contributed by atoms with Crippen LogP contribution in [0.5, 0.6) is 5.75 Å². The van der Waals surface area contributed by atoms with Gasteiger partial charge in [0.15, 0.2) is 11.6 Å². The van der Waals surface area contributed by atoms with Crippen LogP contribution >= 0.6 is 11.3 Å². The van der Waals surface area contributed by atoms with Gasteiger partial charge in [0.25, 0.3) is 0 Å². The smallest absolute Gasteiger partial charge is 0.205 e. The first-order valence-electron chi connectivity index (χ1n) is 7.07. The predicted octanol–water partition coefficient (Wildman–Crippen LogP) is 3.87. The minimum atomic E-state index is -0.756. The maximum atomic E-state index is 13.9. The minimum absolute atomic E-state index is 0.0174. The molecule has 1 aromatic carbocycles. The number of nitrogens with one attached hydrogen (secondary N) is 1. The third-order valence-electron chi connectivity index (χ3n) is 2.86. The summed E-state index contributed by atoms with van der Waals surface area (Å²) in [6.07, 6.45) is 2.05. The first-order valence-corrected chi connectivity index (χ1v) is 7.95. The second kappa shape index (κ2) is 7.87. The van der Waals surface area contributed by atoms with Crippen molar-refractivity contribution in [2.24, 2.45) is 11.0 Å². The van der Waals surface area contributed by atoms with Crippen LogP contribution in [0.2, 0.25) is 0 Å². The van der Waals surface area contributed by atoms with Gasteiger partial charge in [-0.3, -0.25) is 5.43 Å². The summed E-state index contributed by atoms with van der Waals surface area (Å²) in [6, 6.07) is 1.95. The SMILES string of the molecule is CC(C)CCOc1c(F)cc(F)cc1C=NNc1nc(N)cs1. The molecule has 5 nitrogen and oxygen atoms in total. The highest BCUT2D eigenvalue weighted by Gasteiger charge is 2.12. The van der Waals surface area contributed by atoms with Crippen molar-refractivity contribution in [1.82, 2.24) is 4.98 Å². The maximum Gasteiger partial charge on any atom is 0.205 e. The number of thiazole rings is 1. The highest BCUT2D eigenvalue weighted by atomic mass is 32.1. The number of halogens is 2. The van der Waals surface area contributed by atoms with E-state index >= 15 is 0 Å². The highest BCUT2D eigenvalue weighted by Crippen LogP contribution is 2.24.